The molecule has 0 N–H and O–H groups in total. The van der Waals surface area contributed by atoms with Gasteiger partial charge in [-0.05, 0) is 48.2 Å². The first kappa shape index (κ1) is 14.6. The molecule has 2 fully saturated rings. The number of rotatable bonds is 3. The summed E-state index contributed by atoms with van der Waals surface area (Å²) in [5.41, 5.74) is 2.46. The number of epoxide rings is 1. The molecule has 1 atom stereocenters. The molecule has 2 aliphatic rings. The lowest BCUT2D eigenvalue weighted by atomic mass is 9.66. The fraction of sp³-hybridized carbons (Fsp3) is 0.368. The van der Waals surface area contributed by atoms with E-state index in [0.717, 1.165) is 29.5 Å². The largest absolute Gasteiger partial charge is 0.364 e. The van der Waals surface area contributed by atoms with Gasteiger partial charge in [0.15, 0.2) is 0 Å². The molecule has 1 nitrogen and oxygen atoms in total. The maximum absolute atomic E-state index is 6.12. The summed E-state index contributed by atoms with van der Waals surface area (Å²) in [7, 11) is 0. The van der Waals surface area contributed by atoms with Gasteiger partial charge in [0.2, 0.25) is 0 Å². The van der Waals surface area contributed by atoms with Gasteiger partial charge in [0, 0.05) is 15.5 Å². The molecule has 114 valence electrons. The van der Waals surface area contributed by atoms with E-state index in [1.807, 2.05) is 24.3 Å². The number of hydrogen-bond donors (Lipinski definition) is 0. The van der Waals surface area contributed by atoms with E-state index in [4.69, 9.17) is 27.9 Å². The van der Waals surface area contributed by atoms with Gasteiger partial charge in [0.1, 0.15) is 5.60 Å². The van der Waals surface area contributed by atoms with Crippen molar-refractivity contribution >= 4 is 23.2 Å². The van der Waals surface area contributed by atoms with Gasteiger partial charge in [-0.15, -0.1) is 0 Å². The van der Waals surface area contributed by atoms with Gasteiger partial charge in [0.05, 0.1) is 6.61 Å². The van der Waals surface area contributed by atoms with Crippen LogP contribution in [0.2, 0.25) is 10.0 Å². The summed E-state index contributed by atoms with van der Waals surface area (Å²) >= 11 is 12.1. The quantitative estimate of drug-likeness (QED) is 0.653. The predicted molar refractivity (Wildman–Crippen MR) is 90.7 cm³/mol. The van der Waals surface area contributed by atoms with Crippen LogP contribution < -0.4 is 0 Å². The van der Waals surface area contributed by atoms with Crippen molar-refractivity contribution in [2.24, 2.45) is 0 Å². The van der Waals surface area contributed by atoms with E-state index in [1.54, 1.807) is 0 Å². The SMILES string of the molecule is Clc1ccc(C2(C3(c4ccc(Cl)cc4)CO3)CCCC2)cc1. The zero-order chi connectivity index (χ0) is 15.2. The van der Waals surface area contributed by atoms with Gasteiger partial charge < -0.3 is 4.74 Å². The molecule has 1 saturated heterocycles. The Bertz CT molecular complexity index is 666. The second-order valence-corrected chi connectivity index (χ2v) is 7.29. The van der Waals surface area contributed by atoms with Crippen LogP contribution >= 0.6 is 23.2 Å². The normalized spacial score (nSPS) is 26.1. The lowest BCUT2D eigenvalue weighted by Gasteiger charge is -2.36. The van der Waals surface area contributed by atoms with Gasteiger partial charge in [-0.2, -0.15) is 0 Å². The zero-order valence-electron chi connectivity index (χ0n) is 12.3. The summed E-state index contributed by atoms with van der Waals surface area (Å²) in [4.78, 5) is 0. The summed E-state index contributed by atoms with van der Waals surface area (Å²) in [6.45, 7) is 0.789. The average Bonchev–Trinajstić information content (AvgIpc) is 3.20. The van der Waals surface area contributed by atoms with E-state index in [9.17, 15) is 0 Å². The molecule has 1 heterocycles. The van der Waals surface area contributed by atoms with Crippen LogP contribution in [-0.4, -0.2) is 6.61 Å². The third-order valence-corrected chi connectivity index (χ3v) is 5.87. The highest BCUT2D eigenvalue weighted by atomic mass is 35.5. The summed E-state index contributed by atoms with van der Waals surface area (Å²) in [5, 5.41) is 1.56. The summed E-state index contributed by atoms with van der Waals surface area (Å²) < 4.78 is 6.12. The molecule has 2 aromatic carbocycles. The molecular weight excluding hydrogens is 315 g/mol. The molecule has 1 unspecified atom stereocenters. The first-order valence-corrected chi connectivity index (χ1v) is 8.58. The minimum absolute atomic E-state index is 0.0609. The van der Waals surface area contributed by atoms with Crippen LogP contribution in [0.15, 0.2) is 48.5 Å². The molecular formula is C19H18Cl2O. The third-order valence-electron chi connectivity index (χ3n) is 5.37. The molecule has 1 aliphatic heterocycles. The van der Waals surface area contributed by atoms with Gasteiger partial charge >= 0.3 is 0 Å². The van der Waals surface area contributed by atoms with E-state index in [-0.39, 0.29) is 11.0 Å². The van der Waals surface area contributed by atoms with Crippen LogP contribution in [0.1, 0.15) is 36.8 Å². The fourth-order valence-electron chi connectivity index (χ4n) is 4.18. The Kier molecular flexibility index (Phi) is 3.48. The second-order valence-electron chi connectivity index (χ2n) is 6.42. The van der Waals surface area contributed by atoms with Gasteiger partial charge in [-0.3, -0.25) is 0 Å². The Balaban J connectivity index is 1.82. The lowest BCUT2D eigenvalue weighted by Crippen LogP contribution is -2.38. The van der Waals surface area contributed by atoms with E-state index in [1.165, 1.54) is 24.0 Å². The van der Waals surface area contributed by atoms with E-state index in [2.05, 4.69) is 24.3 Å². The minimum Gasteiger partial charge on any atom is -0.364 e. The Labute approximate surface area is 141 Å². The second kappa shape index (κ2) is 5.26. The molecule has 0 bridgehead atoms. The van der Waals surface area contributed by atoms with Crippen molar-refractivity contribution in [3.8, 4) is 0 Å². The highest BCUT2D eigenvalue weighted by molar-refractivity contribution is 6.30. The first-order valence-electron chi connectivity index (χ1n) is 7.82. The number of hydrogen-bond acceptors (Lipinski definition) is 1. The lowest BCUT2D eigenvalue weighted by molar-refractivity contribution is 0.179. The summed E-state index contributed by atoms with van der Waals surface area (Å²) in [6.07, 6.45) is 4.83. The van der Waals surface area contributed by atoms with Crippen LogP contribution in [0.25, 0.3) is 0 Å². The molecule has 2 aromatic rings. The Morgan fingerprint density at radius 1 is 0.727 bits per heavy atom. The maximum Gasteiger partial charge on any atom is 0.126 e. The minimum atomic E-state index is -0.193. The van der Waals surface area contributed by atoms with Crippen LogP contribution in [0, 0.1) is 0 Å². The molecule has 0 radical (unpaired) electrons. The molecule has 0 aromatic heterocycles. The summed E-state index contributed by atoms with van der Waals surface area (Å²) in [6, 6.07) is 16.5. The van der Waals surface area contributed by atoms with Crippen molar-refractivity contribution in [2.45, 2.75) is 36.7 Å². The number of ether oxygens (including phenoxy) is 1. The van der Waals surface area contributed by atoms with Crippen molar-refractivity contribution in [3.63, 3.8) is 0 Å². The Hall–Kier alpha value is -1.02. The van der Waals surface area contributed by atoms with E-state index in [0.29, 0.717) is 0 Å². The Morgan fingerprint density at radius 2 is 1.18 bits per heavy atom. The zero-order valence-corrected chi connectivity index (χ0v) is 13.8. The highest BCUT2D eigenvalue weighted by Gasteiger charge is 2.63. The predicted octanol–water partition coefficient (Wildman–Crippen LogP) is 5.73. The highest BCUT2D eigenvalue weighted by Crippen LogP contribution is 2.61. The average molecular weight is 333 g/mol. The maximum atomic E-state index is 6.12. The topological polar surface area (TPSA) is 12.5 Å². The van der Waals surface area contributed by atoms with E-state index >= 15 is 0 Å². The van der Waals surface area contributed by atoms with Crippen LogP contribution in [0.3, 0.4) is 0 Å². The van der Waals surface area contributed by atoms with Crippen molar-refractivity contribution in [1.29, 1.82) is 0 Å². The molecule has 0 spiro atoms. The standard InChI is InChI=1S/C19H18Cl2O/c20-16-7-3-14(4-8-16)18(11-1-2-12-18)19(13-22-19)15-5-9-17(21)10-6-15/h3-10H,1-2,11-13H2. The van der Waals surface area contributed by atoms with Gasteiger partial charge in [0.25, 0.3) is 0 Å². The molecule has 22 heavy (non-hydrogen) atoms. The van der Waals surface area contributed by atoms with Crippen molar-refractivity contribution in [1.82, 2.24) is 0 Å². The van der Waals surface area contributed by atoms with Crippen molar-refractivity contribution in [2.75, 3.05) is 6.61 Å². The van der Waals surface area contributed by atoms with Crippen LogP contribution in [0.4, 0.5) is 0 Å². The Morgan fingerprint density at radius 3 is 1.64 bits per heavy atom. The number of benzene rings is 2. The summed E-state index contributed by atoms with van der Waals surface area (Å²) in [5.74, 6) is 0. The van der Waals surface area contributed by atoms with Crippen LogP contribution in [0.5, 0.6) is 0 Å². The van der Waals surface area contributed by atoms with Crippen molar-refractivity contribution in [3.05, 3.63) is 69.7 Å². The molecule has 1 saturated carbocycles. The monoisotopic (exact) mass is 332 g/mol. The molecule has 0 amide bonds. The first-order chi connectivity index (χ1) is 10.7. The van der Waals surface area contributed by atoms with Gasteiger partial charge in [-0.25, -0.2) is 0 Å². The number of halogens is 2. The van der Waals surface area contributed by atoms with E-state index < -0.39 is 0 Å². The van der Waals surface area contributed by atoms with Gasteiger partial charge in [-0.1, -0.05) is 60.3 Å². The smallest absolute Gasteiger partial charge is 0.126 e. The third kappa shape index (κ3) is 2.11. The molecule has 4 rings (SSSR count). The molecule has 1 aliphatic carbocycles. The van der Waals surface area contributed by atoms with Crippen molar-refractivity contribution < 1.29 is 4.74 Å². The molecule has 3 heteroatoms. The van der Waals surface area contributed by atoms with Crippen LogP contribution in [-0.2, 0) is 15.8 Å². The fourth-order valence-corrected chi connectivity index (χ4v) is 4.44.